The van der Waals surface area contributed by atoms with Gasteiger partial charge in [0.05, 0.1) is 11.1 Å². The van der Waals surface area contributed by atoms with E-state index in [-0.39, 0.29) is 5.91 Å². The zero-order valence-corrected chi connectivity index (χ0v) is 7.45. The molecule has 0 fully saturated rings. The van der Waals surface area contributed by atoms with Gasteiger partial charge in [0, 0.05) is 23.7 Å². The summed E-state index contributed by atoms with van der Waals surface area (Å²) in [4.78, 5) is 15.8. The van der Waals surface area contributed by atoms with Gasteiger partial charge in [0.1, 0.15) is 0 Å². The quantitative estimate of drug-likeness (QED) is 0.673. The van der Waals surface area contributed by atoms with E-state index in [4.69, 9.17) is 0 Å². The summed E-state index contributed by atoms with van der Waals surface area (Å²) in [5.74, 6) is 0.0126. The van der Waals surface area contributed by atoms with Gasteiger partial charge in [0.15, 0.2) is 0 Å². The molecule has 1 aromatic carbocycles. The van der Waals surface area contributed by atoms with E-state index >= 15 is 0 Å². The molecular formula is C11H8N2O. The molecule has 3 heteroatoms. The van der Waals surface area contributed by atoms with Gasteiger partial charge in [-0.1, -0.05) is 18.2 Å². The maximum absolute atomic E-state index is 11.5. The highest BCUT2D eigenvalue weighted by molar-refractivity contribution is 6.09. The molecule has 3 nitrogen and oxygen atoms in total. The number of fused-ring (bicyclic) bond motifs is 3. The van der Waals surface area contributed by atoms with Gasteiger partial charge < -0.3 is 5.32 Å². The molecule has 0 radical (unpaired) electrons. The second-order valence-corrected chi connectivity index (χ2v) is 3.36. The van der Waals surface area contributed by atoms with Crippen molar-refractivity contribution >= 4 is 16.8 Å². The van der Waals surface area contributed by atoms with E-state index < -0.39 is 0 Å². The Morgan fingerprint density at radius 1 is 1.29 bits per heavy atom. The fraction of sp³-hybridized carbons (Fsp3) is 0.0909. The van der Waals surface area contributed by atoms with Gasteiger partial charge in [-0.25, -0.2) is 0 Å². The van der Waals surface area contributed by atoms with E-state index in [1.165, 1.54) is 0 Å². The van der Waals surface area contributed by atoms with Crippen LogP contribution in [0.5, 0.6) is 0 Å². The monoisotopic (exact) mass is 184 g/mol. The van der Waals surface area contributed by atoms with Crippen LogP contribution in [0, 0.1) is 0 Å². The zero-order valence-electron chi connectivity index (χ0n) is 7.45. The van der Waals surface area contributed by atoms with Crippen molar-refractivity contribution in [2.45, 2.75) is 6.54 Å². The summed E-state index contributed by atoms with van der Waals surface area (Å²) >= 11 is 0. The molecule has 14 heavy (non-hydrogen) atoms. The van der Waals surface area contributed by atoms with Crippen molar-refractivity contribution in [3.05, 3.63) is 41.6 Å². The fourth-order valence-corrected chi connectivity index (χ4v) is 1.85. The van der Waals surface area contributed by atoms with E-state index in [0.29, 0.717) is 6.54 Å². The van der Waals surface area contributed by atoms with Crippen LogP contribution in [0.15, 0.2) is 30.5 Å². The SMILES string of the molecule is O=C1NCc2cnc3ccccc3c21. The van der Waals surface area contributed by atoms with Crippen molar-refractivity contribution in [2.75, 3.05) is 0 Å². The minimum Gasteiger partial charge on any atom is -0.348 e. The summed E-state index contributed by atoms with van der Waals surface area (Å²) in [5, 5.41) is 3.74. The predicted octanol–water partition coefficient (Wildman–Crippen LogP) is 1.48. The highest BCUT2D eigenvalue weighted by atomic mass is 16.1. The second kappa shape index (κ2) is 2.54. The first-order valence-electron chi connectivity index (χ1n) is 4.51. The number of nitrogens with one attached hydrogen (secondary N) is 1. The largest absolute Gasteiger partial charge is 0.348 e. The van der Waals surface area contributed by atoms with Gasteiger partial charge in [0.25, 0.3) is 5.91 Å². The summed E-state index contributed by atoms with van der Waals surface area (Å²) in [6.45, 7) is 0.603. The molecular weight excluding hydrogens is 176 g/mol. The summed E-state index contributed by atoms with van der Waals surface area (Å²) in [6, 6.07) is 7.71. The molecule has 0 spiro atoms. The van der Waals surface area contributed by atoms with Crippen molar-refractivity contribution < 1.29 is 4.79 Å². The van der Waals surface area contributed by atoms with Gasteiger partial charge in [-0.05, 0) is 6.07 Å². The van der Waals surface area contributed by atoms with Crippen LogP contribution in [0.1, 0.15) is 15.9 Å². The molecule has 0 aliphatic carbocycles. The lowest BCUT2D eigenvalue weighted by atomic mass is 10.1. The lowest BCUT2D eigenvalue weighted by Crippen LogP contribution is -2.12. The Bertz CT molecular complexity index is 534. The number of benzene rings is 1. The summed E-state index contributed by atoms with van der Waals surface area (Å²) in [6.07, 6.45) is 1.77. The Balaban J connectivity index is 2.47. The first-order valence-corrected chi connectivity index (χ1v) is 4.51. The Hall–Kier alpha value is -1.90. The van der Waals surface area contributed by atoms with Crippen LogP contribution in [0.25, 0.3) is 10.9 Å². The van der Waals surface area contributed by atoms with Crippen LogP contribution in [0.3, 0.4) is 0 Å². The van der Waals surface area contributed by atoms with Crippen molar-refractivity contribution in [1.82, 2.24) is 10.3 Å². The number of rotatable bonds is 0. The normalized spacial score (nSPS) is 14.1. The maximum Gasteiger partial charge on any atom is 0.252 e. The summed E-state index contributed by atoms with van der Waals surface area (Å²) < 4.78 is 0. The molecule has 0 saturated carbocycles. The standard InChI is InChI=1S/C11H8N2O/c14-11-10-7(6-13-11)5-12-9-4-2-1-3-8(9)10/h1-5H,6H2,(H,13,14). The molecule has 1 amide bonds. The van der Waals surface area contributed by atoms with Crippen molar-refractivity contribution in [3.8, 4) is 0 Å². The second-order valence-electron chi connectivity index (χ2n) is 3.36. The van der Waals surface area contributed by atoms with Crippen LogP contribution < -0.4 is 5.32 Å². The zero-order chi connectivity index (χ0) is 9.54. The molecule has 0 saturated heterocycles. The number of para-hydroxylation sites is 1. The smallest absolute Gasteiger partial charge is 0.252 e. The number of amides is 1. The third-order valence-corrected chi connectivity index (χ3v) is 2.52. The first-order chi connectivity index (χ1) is 6.86. The molecule has 0 atom stereocenters. The molecule has 3 rings (SSSR count). The Morgan fingerprint density at radius 2 is 2.14 bits per heavy atom. The van der Waals surface area contributed by atoms with Crippen LogP contribution in [-0.2, 0) is 6.54 Å². The molecule has 0 bridgehead atoms. The maximum atomic E-state index is 11.5. The Labute approximate surface area is 80.8 Å². The van der Waals surface area contributed by atoms with E-state index in [1.807, 2.05) is 24.3 Å². The lowest BCUT2D eigenvalue weighted by Gasteiger charge is -2.00. The van der Waals surface area contributed by atoms with Crippen LogP contribution in [0.2, 0.25) is 0 Å². The van der Waals surface area contributed by atoms with Crippen LogP contribution in [0.4, 0.5) is 0 Å². The molecule has 1 aliphatic rings. The van der Waals surface area contributed by atoms with E-state index in [2.05, 4.69) is 10.3 Å². The molecule has 2 heterocycles. The van der Waals surface area contributed by atoms with Gasteiger partial charge in [-0.3, -0.25) is 9.78 Å². The number of pyridine rings is 1. The van der Waals surface area contributed by atoms with Crippen LogP contribution in [-0.4, -0.2) is 10.9 Å². The average Bonchev–Trinajstić information content (AvgIpc) is 2.61. The van der Waals surface area contributed by atoms with Crippen molar-refractivity contribution in [1.29, 1.82) is 0 Å². The van der Waals surface area contributed by atoms with E-state index in [9.17, 15) is 4.79 Å². The third kappa shape index (κ3) is 0.865. The average molecular weight is 184 g/mol. The van der Waals surface area contributed by atoms with Crippen LogP contribution >= 0.6 is 0 Å². The fourth-order valence-electron chi connectivity index (χ4n) is 1.85. The van der Waals surface area contributed by atoms with Gasteiger partial charge in [-0.15, -0.1) is 0 Å². The summed E-state index contributed by atoms with van der Waals surface area (Å²) in [7, 11) is 0. The van der Waals surface area contributed by atoms with E-state index in [0.717, 1.165) is 22.0 Å². The van der Waals surface area contributed by atoms with Gasteiger partial charge >= 0.3 is 0 Å². The molecule has 1 N–H and O–H groups in total. The summed E-state index contributed by atoms with van der Waals surface area (Å²) in [5.41, 5.74) is 2.66. The number of nitrogens with zero attached hydrogens (tertiary/aromatic N) is 1. The van der Waals surface area contributed by atoms with Gasteiger partial charge in [-0.2, -0.15) is 0 Å². The molecule has 1 aliphatic heterocycles. The lowest BCUT2D eigenvalue weighted by molar-refractivity contribution is 0.0967. The highest BCUT2D eigenvalue weighted by Crippen LogP contribution is 2.23. The van der Waals surface area contributed by atoms with E-state index in [1.54, 1.807) is 6.20 Å². The van der Waals surface area contributed by atoms with Crippen molar-refractivity contribution in [2.24, 2.45) is 0 Å². The number of aromatic nitrogens is 1. The Morgan fingerprint density at radius 3 is 3.07 bits per heavy atom. The molecule has 1 aromatic heterocycles. The number of hydrogen-bond donors (Lipinski definition) is 1. The number of carbonyl (C=O) groups is 1. The minimum atomic E-state index is 0.0126. The molecule has 68 valence electrons. The van der Waals surface area contributed by atoms with Crippen molar-refractivity contribution in [3.63, 3.8) is 0 Å². The Kier molecular flexibility index (Phi) is 1.36. The topological polar surface area (TPSA) is 42.0 Å². The third-order valence-electron chi connectivity index (χ3n) is 2.52. The molecule has 0 unspecified atom stereocenters. The van der Waals surface area contributed by atoms with Gasteiger partial charge in [0.2, 0.25) is 0 Å². The molecule has 2 aromatic rings. The predicted molar refractivity (Wildman–Crippen MR) is 52.9 cm³/mol. The number of hydrogen-bond acceptors (Lipinski definition) is 2. The number of carbonyl (C=O) groups excluding carboxylic acids is 1. The highest BCUT2D eigenvalue weighted by Gasteiger charge is 2.21. The first kappa shape index (κ1) is 7.50. The minimum absolute atomic E-state index is 0.0126.